The lowest BCUT2D eigenvalue weighted by molar-refractivity contribution is -0.0165. The van der Waals surface area contributed by atoms with Gasteiger partial charge in [-0.15, -0.1) is 11.3 Å². The number of aryl methyl sites for hydroxylation is 1. The number of hydrazone groups is 1. The van der Waals surface area contributed by atoms with E-state index in [4.69, 9.17) is 21.4 Å². The molecule has 2 atom stereocenters. The molecular formula is C21H17ClN2OS. The van der Waals surface area contributed by atoms with Crippen molar-refractivity contribution in [3.05, 3.63) is 86.6 Å². The molecule has 3 aromatic rings. The van der Waals surface area contributed by atoms with E-state index in [0.29, 0.717) is 0 Å². The molecule has 0 bridgehead atoms. The summed E-state index contributed by atoms with van der Waals surface area (Å²) in [5.74, 6) is 0.898. The number of benzene rings is 2. The van der Waals surface area contributed by atoms with Gasteiger partial charge in [-0.3, -0.25) is 0 Å². The van der Waals surface area contributed by atoms with Crippen LogP contribution in [0.2, 0.25) is 5.02 Å². The molecule has 2 unspecified atom stereocenters. The Morgan fingerprint density at radius 1 is 1.15 bits per heavy atom. The number of fused-ring (bicyclic) bond motifs is 3. The third-order valence-electron chi connectivity index (χ3n) is 4.92. The van der Waals surface area contributed by atoms with Crippen LogP contribution >= 0.6 is 22.9 Å². The molecule has 2 aromatic carbocycles. The van der Waals surface area contributed by atoms with E-state index in [1.165, 1.54) is 11.1 Å². The van der Waals surface area contributed by atoms with E-state index in [2.05, 4.69) is 53.7 Å². The molecule has 0 amide bonds. The van der Waals surface area contributed by atoms with Gasteiger partial charge in [0.1, 0.15) is 5.75 Å². The number of nitrogens with zero attached hydrogens (tertiary/aromatic N) is 2. The topological polar surface area (TPSA) is 24.8 Å². The van der Waals surface area contributed by atoms with E-state index < -0.39 is 0 Å². The lowest BCUT2D eigenvalue weighted by atomic mass is 9.96. The molecule has 1 aromatic heterocycles. The van der Waals surface area contributed by atoms with Crippen molar-refractivity contribution in [3.8, 4) is 5.75 Å². The van der Waals surface area contributed by atoms with Crippen LogP contribution in [0.25, 0.3) is 0 Å². The molecular weight excluding hydrogens is 364 g/mol. The molecule has 3 nitrogen and oxygen atoms in total. The van der Waals surface area contributed by atoms with Crippen LogP contribution in [0, 0.1) is 6.92 Å². The fourth-order valence-corrected chi connectivity index (χ4v) is 4.52. The number of ether oxygens (including phenoxy) is 1. The Balaban J connectivity index is 1.60. The number of thiophene rings is 1. The molecule has 0 spiro atoms. The monoisotopic (exact) mass is 380 g/mol. The second-order valence-corrected chi connectivity index (χ2v) is 8.10. The second-order valence-electron chi connectivity index (χ2n) is 6.68. The maximum Gasteiger partial charge on any atom is 0.222 e. The average Bonchev–Trinajstić information content (AvgIpc) is 3.32. The normalized spacial score (nSPS) is 21.0. The van der Waals surface area contributed by atoms with Gasteiger partial charge in [0.2, 0.25) is 6.23 Å². The van der Waals surface area contributed by atoms with Gasteiger partial charge in [-0.25, -0.2) is 5.01 Å². The van der Waals surface area contributed by atoms with Crippen molar-refractivity contribution >= 4 is 28.6 Å². The summed E-state index contributed by atoms with van der Waals surface area (Å²) in [4.78, 5) is 1.16. The van der Waals surface area contributed by atoms with Crippen LogP contribution in [-0.4, -0.2) is 10.7 Å². The molecule has 3 heterocycles. The highest BCUT2D eigenvalue weighted by atomic mass is 35.5. The van der Waals surface area contributed by atoms with Gasteiger partial charge in [-0.1, -0.05) is 47.5 Å². The molecule has 0 saturated carbocycles. The van der Waals surface area contributed by atoms with Crippen LogP contribution in [0.4, 0.5) is 0 Å². The van der Waals surface area contributed by atoms with Gasteiger partial charge in [0.25, 0.3) is 0 Å². The van der Waals surface area contributed by atoms with Crippen molar-refractivity contribution in [2.45, 2.75) is 25.6 Å². The number of hydrogen-bond donors (Lipinski definition) is 0. The summed E-state index contributed by atoms with van der Waals surface area (Å²) < 4.78 is 6.32. The van der Waals surface area contributed by atoms with Crippen LogP contribution in [0.5, 0.6) is 5.75 Å². The highest BCUT2D eigenvalue weighted by molar-refractivity contribution is 7.10. The Bertz CT molecular complexity index is 982. The fourth-order valence-electron chi connectivity index (χ4n) is 3.60. The molecule has 0 saturated heterocycles. The molecule has 130 valence electrons. The SMILES string of the molecule is Cc1ccc(C2=NN3C(C2)c2cc(Cl)ccc2OC3c2cccs2)cc1. The predicted octanol–water partition coefficient (Wildman–Crippen LogP) is 5.95. The Morgan fingerprint density at radius 2 is 2.00 bits per heavy atom. The molecule has 0 aliphatic carbocycles. The Morgan fingerprint density at radius 3 is 2.77 bits per heavy atom. The molecule has 2 aliphatic heterocycles. The molecule has 0 fully saturated rings. The Kier molecular flexibility index (Phi) is 3.76. The zero-order valence-corrected chi connectivity index (χ0v) is 15.8. The summed E-state index contributed by atoms with van der Waals surface area (Å²) in [7, 11) is 0. The molecule has 5 heteroatoms. The first-order valence-corrected chi connectivity index (χ1v) is 9.87. The summed E-state index contributed by atoms with van der Waals surface area (Å²) in [6.45, 7) is 2.10. The van der Waals surface area contributed by atoms with E-state index in [1.807, 2.05) is 18.2 Å². The fraction of sp³-hybridized carbons (Fsp3) is 0.190. The van der Waals surface area contributed by atoms with Crippen molar-refractivity contribution < 1.29 is 4.74 Å². The van der Waals surface area contributed by atoms with Crippen LogP contribution in [-0.2, 0) is 0 Å². The van der Waals surface area contributed by atoms with Gasteiger partial charge >= 0.3 is 0 Å². The standard InChI is InChI=1S/C21H17ClN2OS/c1-13-4-6-14(7-5-13)17-12-18-16-11-15(22)8-9-19(16)25-21(24(18)23-17)20-3-2-10-26-20/h2-11,18,21H,12H2,1H3. The van der Waals surface area contributed by atoms with Gasteiger partial charge < -0.3 is 4.74 Å². The van der Waals surface area contributed by atoms with E-state index in [9.17, 15) is 0 Å². The predicted molar refractivity (Wildman–Crippen MR) is 106 cm³/mol. The van der Waals surface area contributed by atoms with E-state index in [0.717, 1.165) is 33.3 Å². The first kappa shape index (κ1) is 15.9. The summed E-state index contributed by atoms with van der Waals surface area (Å²) >= 11 is 7.96. The third-order valence-corrected chi connectivity index (χ3v) is 6.06. The Hall–Kier alpha value is -2.30. The average molecular weight is 381 g/mol. The smallest absolute Gasteiger partial charge is 0.222 e. The minimum atomic E-state index is -0.198. The van der Waals surface area contributed by atoms with Gasteiger partial charge in [-0.05, 0) is 42.1 Å². The second kappa shape index (κ2) is 6.15. The van der Waals surface area contributed by atoms with Crippen molar-refractivity contribution in [1.29, 1.82) is 0 Å². The van der Waals surface area contributed by atoms with Crippen LogP contribution in [0.15, 0.2) is 65.1 Å². The summed E-state index contributed by atoms with van der Waals surface area (Å²) in [5.41, 5.74) is 4.62. The van der Waals surface area contributed by atoms with Gasteiger partial charge in [0.05, 0.1) is 16.6 Å². The lowest BCUT2D eigenvalue weighted by Crippen LogP contribution is -2.33. The zero-order chi connectivity index (χ0) is 17.7. The zero-order valence-electron chi connectivity index (χ0n) is 14.2. The Labute approximate surface area is 161 Å². The van der Waals surface area contributed by atoms with E-state index in [1.54, 1.807) is 11.3 Å². The molecule has 0 N–H and O–H groups in total. The summed E-state index contributed by atoms with van der Waals surface area (Å²) in [5, 5.41) is 9.86. The van der Waals surface area contributed by atoms with Gasteiger partial charge in [-0.2, -0.15) is 5.10 Å². The molecule has 0 radical (unpaired) electrons. The summed E-state index contributed by atoms with van der Waals surface area (Å²) in [6, 6.07) is 18.7. The lowest BCUT2D eigenvalue weighted by Gasteiger charge is -2.37. The van der Waals surface area contributed by atoms with Gasteiger partial charge in [0.15, 0.2) is 0 Å². The number of hydrogen-bond acceptors (Lipinski definition) is 4. The highest BCUT2D eigenvalue weighted by Gasteiger charge is 2.41. The largest absolute Gasteiger partial charge is 0.464 e. The van der Waals surface area contributed by atoms with E-state index >= 15 is 0 Å². The molecule has 2 aliphatic rings. The maximum atomic E-state index is 6.32. The first-order chi connectivity index (χ1) is 12.7. The minimum Gasteiger partial charge on any atom is -0.464 e. The van der Waals surface area contributed by atoms with Crippen molar-refractivity contribution in [2.75, 3.05) is 0 Å². The van der Waals surface area contributed by atoms with Crippen molar-refractivity contribution in [2.24, 2.45) is 5.10 Å². The van der Waals surface area contributed by atoms with Crippen LogP contribution in [0.1, 0.15) is 40.3 Å². The quantitative estimate of drug-likeness (QED) is 0.548. The minimum absolute atomic E-state index is 0.140. The first-order valence-electron chi connectivity index (χ1n) is 8.61. The van der Waals surface area contributed by atoms with Crippen molar-refractivity contribution in [1.82, 2.24) is 5.01 Å². The molecule has 5 rings (SSSR count). The van der Waals surface area contributed by atoms with Crippen molar-refractivity contribution in [3.63, 3.8) is 0 Å². The van der Waals surface area contributed by atoms with E-state index in [-0.39, 0.29) is 12.3 Å². The summed E-state index contributed by atoms with van der Waals surface area (Å²) in [6.07, 6.45) is 0.651. The number of halogens is 1. The molecule has 26 heavy (non-hydrogen) atoms. The highest BCUT2D eigenvalue weighted by Crippen LogP contribution is 2.48. The third kappa shape index (κ3) is 2.61. The van der Waals surface area contributed by atoms with Crippen LogP contribution < -0.4 is 4.74 Å². The van der Waals surface area contributed by atoms with Crippen LogP contribution in [0.3, 0.4) is 0 Å². The number of rotatable bonds is 2. The maximum absolute atomic E-state index is 6.32. The van der Waals surface area contributed by atoms with Gasteiger partial charge in [0, 0.05) is 17.0 Å².